The lowest BCUT2D eigenvalue weighted by molar-refractivity contribution is -0.115. The second-order valence-corrected chi connectivity index (χ2v) is 13.0. The van der Waals surface area contributed by atoms with Crippen molar-refractivity contribution in [1.29, 1.82) is 0 Å². The van der Waals surface area contributed by atoms with Crippen molar-refractivity contribution in [2.75, 3.05) is 5.32 Å². The number of primary amides is 1. The van der Waals surface area contributed by atoms with Crippen molar-refractivity contribution in [1.82, 2.24) is 14.8 Å². The molecule has 0 saturated carbocycles. The highest BCUT2D eigenvalue weighted by Gasteiger charge is 2.27. The molecule has 1 atom stereocenters. The Bertz CT molecular complexity index is 1380. The first-order chi connectivity index (χ1) is 16.6. The van der Waals surface area contributed by atoms with Gasteiger partial charge in [0.2, 0.25) is 5.91 Å². The first-order valence-electron chi connectivity index (χ1n) is 11.2. The number of aromatic nitrogens is 3. The summed E-state index contributed by atoms with van der Waals surface area (Å²) in [6, 6.07) is 6.65. The van der Waals surface area contributed by atoms with Crippen LogP contribution in [0.25, 0.3) is 0 Å². The van der Waals surface area contributed by atoms with E-state index in [9.17, 15) is 18.0 Å². The minimum absolute atomic E-state index is 0.219. The highest BCUT2D eigenvalue weighted by atomic mass is 32.2. The molecule has 0 aliphatic heterocycles. The van der Waals surface area contributed by atoms with Gasteiger partial charge in [0.1, 0.15) is 16.6 Å². The van der Waals surface area contributed by atoms with Gasteiger partial charge in [-0.15, -0.1) is 21.5 Å². The van der Waals surface area contributed by atoms with Gasteiger partial charge in [-0.05, 0) is 57.2 Å². The third-order valence-electron chi connectivity index (χ3n) is 5.93. The van der Waals surface area contributed by atoms with E-state index < -0.39 is 21.0 Å². The Morgan fingerprint density at radius 1 is 1.20 bits per heavy atom. The van der Waals surface area contributed by atoms with Crippen molar-refractivity contribution >= 4 is 49.8 Å². The Labute approximate surface area is 212 Å². The van der Waals surface area contributed by atoms with Gasteiger partial charge in [-0.2, -0.15) is 0 Å². The minimum atomic E-state index is -3.59. The van der Waals surface area contributed by atoms with Gasteiger partial charge < -0.3 is 15.6 Å². The number of hydrogen-bond donors (Lipinski definition) is 2. The summed E-state index contributed by atoms with van der Waals surface area (Å²) in [6.45, 7) is 3.61. The summed E-state index contributed by atoms with van der Waals surface area (Å²) in [5.41, 5.74) is 7.96. The average Bonchev–Trinajstić information content (AvgIpc) is 3.34. The number of aryl methyl sites for hydroxylation is 2. The third kappa shape index (κ3) is 5.44. The average molecular weight is 534 g/mol. The zero-order valence-corrected chi connectivity index (χ0v) is 22.1. The van der Waals surface area contributed by atoms with E-state index >= 15 is 0 Å². The summed E-state index contributed by atoms with van der Waals surface area (Å²) in [7, 11) is -1.92. The van der Waals surface area contributed by atoms with Crippen LogP contribution in [0.15, 0.2) is 34.3 Å². The molecule has 1 aliphatic rings. The lowest BCUT2D eigenvalue weighted by Crippen LogP contribution is -2.24. The van der Waals surface area contributed by atoms with Gasteiger partial charge >= 0.3 is 0 Å². The molecule has 0 fully saturated rings. The molecule has 9 nitrogen and oxygen atoms in total. The molecule has 2 aromatic heterocycles. The van der Waals surface area contributed by atoms with Crippen molar-refractivity contribution < 1.29 is 18.0 Å². The molecule has 0 bridgehead atoms. The number of rotatable bonds is 8. The van der Waals surface area contributed by atoms with E-state index in [-0.39, 0.29) is 22.4 Å². The normalized spacial score (nSPS) is 14.4. The maximum Gasteiger partial charge on any atom is 0.251 e. The predicted octanol–water partition coefficient (Wildman–Crippen LogP) is 3.26. The van der Waals surface area contributed by atoms with Gasteiger partial charge in [-0.3, -0.25) is 9.59 Å². The Hall–Kier alpha value is -2.70. The predicted molar refractivity (Wildman–Crippen MR) is 136 cm³/mol. The Kier molecular flexibility index (Phi) is 7.34. The van der Waals surface area contributed by atoms with Gasteiger partial charge in [0.15, 0.2) is 15.0 Å². The molecule has 1 unspecified atom stereocenters. The van der Waals surface area contributed by atoms with E-state index in [2.05, 4.69) is 15.5 Å². The number of carbonyl (C=O) groups is 2. The van der Waals surface area contributed by atoms with Crippen LogP contribution in [0.2, 0.25) is 0 Å². The molecule has 0 radical (unpaired) electrons. The molecule has 2 heterocycles. The number of fused-ring (bicyclic) bond motifs is 1. The summed E-state index contributed by atoms with van der Waals surface area (Å²) in [5.74, 6) is -0.855. The molecule has 1 aromatic carbocycles. The summed E-state index contributed by atoms with van der Waals surface area (Å²) in [6.07, 6.45) is 3.72. The molecule has 12 heteroatoms. The first-order valence-corrected chi connectivity index (χ1v) is 14.5. The minimum Gasteiger partial charge on any atom is -0.365 e. The van der Waals surface area contributed by atoms with Crippen LogP contribution in [0.4, 0.5) is 5.00 Å². The Morgan fingerprint density at radius 2 is 1.89 bits per heavy atom. The van der Waals surface area contributed by atoms with E-state index in [0.717, 1.165) is 53.4 Å². The molecule has 0 saturated heterocycles. The van der Waals surface area contributed by atoms with Gasteiger partial charge in [-0.1, -0.05) is 29.5 Å². The maximum atomic E-state index is 12.9. The number of hydrogen-bond acceptors (Lipinski definition) is 8. The van der Waals surface area contributed by atoms with Crippen LogP contribution >= 0.6 is 23.1 Å². The third-order valence-corrected chi connectivity index (χ3v) is 9.90. The summed E-state index contributed by atoms with van der Waals surface area (Å²) >= 11 is 2.57. The summed E-state index contributed by atoms with van der Waals surface area (Å²) in [4.78, 5) is 26.3. The van der Waals surface area contributed by atoms with Gasteiger partial charge in [0.25, 0.3) is 5.91 Å². The molecule has 3 N–H and O–H groups in total. The molecule has 186 valence electrons. The van der Waals surface area contributed by atoms with Gasteiger partial charge in [0.05, 0.1) is 15.7 Å². The zero-order chi connectivity index (χ0) is 25.3. The van der Waals surface area contributed by atoms with Crippen molar-refractivity contribution in [2.45, 2.75) is 60.6 Å². The van der Waals surface area contributed by atoms with E-state index in [1.807, 2.05) is 6.92 Å². The number of thioether (sulfide) groups is 1. The van der Waals surface area contributed by atoms with Crippen molar-refractivity contribution in [3.63, 3.8) is 0 Å². The molecule has 4 rings (SSSR count). The number of anilines is 1. The maximum absolute atomic E-state index is 12.9. The second-order valence-electron chi connectivity index (χ2n) is 8.56. The van der Waals surface area contributed by atoms with Crippen molar-refractivity contribution in [2.24, 2.45) is 12.8 Å². The van der Waals surface area contributed by atoms with Gasteiger partial charge in [0, 0.05) is 11.9 Å². The van der Waals surface area contributed by atoms with Crippen LogP contribution in [-0.2, 0) is 40.3 Å². The zero-order valence-electron chi connectivity index (χ0n) is 19.7. The van der Waals surface area contributed by atoms with Crippen LogP contribution in [0.1, 0.15) is 52.0 Å². The van der Waals surface area contributed by atoms with E-state index in [4.69, 9.17) is 5.73 Å². The summed E-state index contributed by atoms with van der Waals surface area (Å²) in [5, 5.41) is 11.3. The number of thiophene rings is 1. The van der Waals surface area contributed by atoms with E-state index in [1.54, 1.807) is 42.8 Å². The molecule has 2 amide bonds. The Morgan fingerprint density at radius 3 is 2.57 bits per heavy atom. The lowest BCUT2D eigenvalue weighted by Gasteiger charge is -2.12. The number of nitrogens with zero attached hydrogens (tertiary/aromatic N) is 3. The second kappa shape index (κ2) is 10.1. The van der Waals surface area contributed by atoms with Crippen LogP contribution in [-0.4, -0.2) is 40.2 Å². The largest absolute Gasteiger partial charge is 0.365 e. The molecular weight excluding hydrogens is 506 g/mol. The number of nitrogens with two attached hydrogens (primary N) is 1. The van der Waals surface area contributed by atoms with Crippen LogP contribution in [0, 0.1) is 6.92 Å². The monoisotopic (exact) mass is 533 g/mol. The quantitative estimate of drug-likeness (QED) is 0.424. The summed E-state index contributed by atoms with van der Waals surface area (Å²) < 4.78 is 27.2. The lowest BCUT2D eigenvalue weighted by atomic mass is 9.95. The molecule has 1 aliphatic carbocycles. The number of nitrogens with one attached hydrogen (secondary N) is 1. The number of sulfone groups is 1. The van der Waals surface area contributed by atoms with E-state index in [0.29, 0.717) is 15.7 Å². The number of amides is 2. The molecule has 0 spiro atoms. The fraction of sp³-hybridized carbons (Fsp3) is 0.391. The van der Waals surface area contributed by atoms with Crippen LogP contribution in [0.3, 0.4) is 0 Å². The fourth-order valence-corrected chi connectivity index (χ4v) is 7.35. The smallest absolute Gasteiger partial charge is 0.251 e. The highest BCUT2D eigenvalue weighted by molar-refractivity contribution is 8.00. The van der Waals surface area contributed by atoms with Crippen LogP contribution in [0.5, 0.6) is 0 Å². The molecule has 35 heavy (non-hydrogen) atoms. The Balaban J connectivity index is 1.46. The van der Waals surface area contributed by atoms with E-state index in [1.165, 1.54) is 11.3 Å². The molecular formula is C23H27N5O4S3. The number of benzene rings is 1. The highest BCUT2D eigenvalue weighted by Crippen LogP contribution is 2.38. The van der Waals surface area contributed by atoms with Gasteiger partial charge in [-0.25, -0.2) is 8.42 Å². The fourth-order valence-electron chi connectivity index (χ4n) is 3.91. The molecule has 3 aromatic rings. The van der Waals surface area contributed by atoms with Crippen LogP contribution < -0.4 is 11.1 Å². The SMILES string of the molecule is Cc1ccc(S(=O)(=O)Cc2nnc(SC(C)C(=O)Nc3sc4c(c3C(N)=O)CCCC4)n2C)cc1. The van der Waals surface area contributed by atoms with Crippen molar-refractivity contribution in [3.8, 4) is 0 Å². The topological polar surface area (TPSA) is 137 Å². The number of carbonyl (C=O) groups excluding carboxylic acids is 2. The van der Waals surface area contributed by atoms with Crippen molar-refractivity contribution in [3.05, 3.63) is 51.7 Å². The first kappa shape index (κ1) is 25.4. The standard InChI is InChI=1S/C23H27N5O4S3/c1-13-8-10-15(11-9-13)35(31,32)12-18-26-27-23(28(18)3)33-14(2)21(30)25-22-19(20(24)29)16-6-4-5-7-17(16)34-22/h8-11,14H,4-7,12H2,1-3H3,(H2,24,29)(H,25,30).